The lowest BCUT2D eigenvalue weighted by Gasteiger charge is -2.24. The molecule has 318 valence electrons. The second-order valence-corrected chi connectivity index (χ2v) is 17.4. The third kappa shape index (κ3) is 6.92. The van der Waals surface area contributed by atoms with Gasteiger partial charge in [-0.15, -0.1) is 0 Å². The summed E-state index contributed by atoms with van der Waals surface area (Å²) in [6, 6.07) is 7.98. The van der Waals surface area contributed by atoms with Crippen LogP contribution in [-0.4, -0.2) is 71.6 Å². The van der Waals surface area contributed by atoms with Crippen molar-refractivity contribution < 1.29 is 41.0 Å². The molecule has 1 atom stereocenters. The second-order valence-electron chi connectivity index (χ2n) is 17.0. The molecule has 9 rings (SSSR count). The Kier molecular flexibility index (Phi) is 9.61. The summed E-state index contributed by atoms with van der Waals surface area (Å²) in [5.41, 5.74) is -4.08. The number of carbonyl (C=O) groups is 2. The first kappa shape index (κ1) is 40.9. The van der Waals surface area contributed by atoms with Crippen LogP contribution in [0.5, 0.6) is 0 Å². The van der Waals surface area contributed by atoms with Gasteiger partial charge in [-0.25, -0.2) is 22.5 Å². The molecule has 5 aromatic rings. The van der Waals surface area contributed by atoms with Crippen molar-refractivity contribution in [3.05, 3.63) is 93.0 Å². The van der Waals surface area contributed by atoms with E-state index in [2.05, 4.69) is 32.7 Å². The van der Waals surface area contributed by atoms with Gasteiger partial charge in [-0.1, -0.05) is 23.6 Å². The predicted octanol–water partition coefficient (Wildman–Crippen LogP) is 7.09. The minimum absolute atomic E-state index is 0.0755. The zero-order chi connectivity index (χ0) is 43.4. The quantitative estimate of drug-likeness (QED) is 0.0955. The van der Waals surface area contributed by atoms with E-state index in [0.29, 0.717) is 32.8 Å². The Bertz CT molecular complexity index is 2700. The molecule has 0 bridgehead atoms. The molecule has 2 saturated carbocycles. The molecule has 2 amide bonds. The summed E-state index contributed by atoms with van der Waals surface area (Å²) in [5, 5.41) is 25.1. The number of aryl methyl sites for hydroxylation is 1. The smallest absolute Gasteiger partial charge is 0.296 e. The maximum absolute atomic E-state index is 15.9. The van der Waals surface area contributed by atoms with Gasteiger partial charge in [-0.05, 0) is 101 Å². The van der Waals surface area contributed by atoms with Gasteiger partial charge in [0.25, 0.3) is 12.3 Å². The average molecular weight is 865 g/mol. The molecule has 1 saturated heterocycles. The molecule has 11 nitrogen and oxygen atoms in total. The van der Waals surface area contributed by atoms with Crippen molar-refractivity contribution in [3.8, 4) is 23.0 Å². The largest absolute Gasteiger partial charge is 0.378 e. The van der Waals surface area contributed by atoms with E-state index in [1.807, 2.05) is 4.90 Å². The highest BCUT2D eigenvalue weighted by Gasteiger charge is 2.98. The van der Waals surface area contributed by atoms with Crippen LogP contribution >= 0.6 is 11.6 Å². The minimum Gasteiger partial charge on any atom is -0.378 e. The lowest BCUT2D eigenvalue weighted by molar-refractivity contribution is -0.123. The number of hydrogen-bond donors (Lipinski definition) is 3. The Morgan fingerprint density at radius 3 is 2.33 bits per heavy atom. The van der Waals surface area contributed by atoms with Gasteiger partial charge < -0.3 is 15.7 Å². The fraction of sp³-hybridized carbons (Fsp3) is 0.419. The number of fused-ring (bicyclic) bond motifs is 2. The van der Waals surface area contributed by atoms with Crippen LogP contribution in [0.2, 0.25) is 5.02 Å². The summed E-state index contributed by atoms with van der Waals surface area (Å²) in [7, 11) is 1.64. The number of halogens is 7. The highest BCUT2D eigenvalue weighted by atomic mass is 35.5. The molecule has 3 N–H and O–H groups in total. The summed E-state index contributed by atoms with van der Waals surface area (Å²) >= 11 is 6.78. The number of benzene rings is 2. The molecule has 4 heterocycles. The van der Waals surface area contributed by atoms with Crippen LogP contribution < -0.4 is 10.6 Å². The Labute approximate surface area is 350 Å². The van der Waals surface area contributed by atoms with Gasteiger partial charge >= 0.3 is 0 Å². The van der Waals surface area contributed by atoms with Gasteiger partial charge in [-0.2, -0.15) is 19.0 Å². The van der Waals surface area contributed by atoms with E-state index < -0.39 is 70.3 Å². The van der Waals surface area contributed by atoms with Crippen molar-refractivity contribution in [3.63, 3.8) is 0 Å². The summed E-state index contributed by atoms with van der Waals surface area (Å²) in [5.74, 6) is -0.832. The lowest BCUT2D eigenvalue weighted by Crippen LogP contribution is -2.35. The van der Waals surface area contributed by atoms with E-state index in [1.165, 1.54) is 18.5 Å². The monoisotopic (exact) mass is 864 g/mol. The minimum atomic E-state index is -3.49. The van der Waals surface area contributed by atoms with Gasteiger partial charge in [0, 0.05) is 35.2 Å². The van der Waals surface area contributed by atoms with E-state index in [4.69, 9.17) is 16.6 Å². The summed E-state index contributed by atoms with van der Waals surface area (Å²) < 4.78 is 91.8. The maximum Gasteiger partial charge on any atom is 0.296 e. The third-order valence-corrected chi connectivity index (χ3v) is 12.5. The first-order chi connectivity index (χ1) is 28.8. The van der Waals surface area contributed by atoms with E-state index in [0.717, 1.165) is 38.1 Å². The van der Waals surface area contributed by atoms with Crippen molar-refractivity contribution in [1.29, 1.82) is 0 Å². The number of rotatable bonds is 11. The molecule has 3 aromatic heterocycles. The first-order valence-corrected chi connectivity index (χ1v) is 20.1. The summed E-state index contributed by atoms with van der Waals surface area (Å²) in [6.07, 6.45) is -1.32. The zero-order valence-electron chi connectivity index (χ0n) is 33.2. The number of pyridine rings is 1. The third-order valence-electron chi connectivity index (χ3n) is 12.2. The van der Waals surface area contributed by atoms with Crippen molar-refractivity contribution in [2.45, 2.75) is 81.9 Å². The summed E-state index contributed by atoms with van der Waals surface area (Å²) in [6.45, 7) is 3.79. The molecular weight excluding hydrogens is 826 g/mol. The van der Waals surface area contributed by atoms with Crippen LogP contribution in [0.4, 0.5) is 32.2 Å². The normalized spacial score (nSPS) is 21.4. The number of aliphatic hydroxyl groups is 1. The summed E-state index contributed by atoms with van der Waals surface area (Å²) in [4.78, 5) is 34.1. The number of likely N-dealkylation sites (tertiary alicyclic amines) is 1. The number of aromatic nitrogens is 5. The average Bonchev–Trinajstić information content (AvgIpc) is 3.61. The lowest BCUT2D eigenvalue weighted by atomic mass is 9.93. The van der Waals surface area contributed by atoms with Crippen LogP contribution in [0.25, 0.3) is 22.0 Å². The van der Waals surface area contributed by atoms with E-state index in [-0.39, 0.29) is 65.1 Å². The van der Waals surface area contributed by atoms with Crippen LogP contribution in [0.15, 0.2) is 42.5 Å². The topological polar surface area (TPSA) is 130 Å². The van der Waals surface area contributed by atoms with E-state index in [9.17, 15) is 32.3 Å². The second kappa shape index (κ2) is 14.3. The zero-order valence-corrected chi connectivity index (χ0v) is 33.9. The number of alkyl halides is 4. The number of hydrogen-bond acceptors (Lipinski definition) is 7. The molecule has 3 fully saturated rings. The van der Waals surface area contributed by atoms with Crippen molar-refractivity contribution in [2.75, 3.05) is 25.0 Å². The van der Waals surface area contributed by atoms with E-state index in [1.54, 1.807) is 31.3 Å². The predicted molar refractivity (Wildman–Crippen MR) is 212 cm³/mol. The molecule has 1 unspecified atom stereocenters. The molecule has 0 radical (unpaired) electrons. The molecule has 3 aliphatic carbocycles. The first-order valence-electron chi connectivity index (χ1n) is 19.8. The SMILES string of the molecule is Cn1nc(NC(=O)CN2CCCC2)c2c(Cl)ccc(-c3ccc(C#CC(C)(C)O)nc3C(Cc3cc(F)cc(F)c3)NC(=O)Cn3nc(C(F)F)c4c3C(F)(F)C35CC43C5)c21. The number of amides is 2. The number of carbonyl (C=O) groups excluding carboxylic acids is 2. The van der Waals surface area contributed by atoms with Gasteiger partial charge in [0.1, 0.15) is 40.9 Å². The number of anilines is 1. The van der Waals surface area contributed by atoms with E-state index >= 15 is 8.78 Å². The highest BCUT2D eigenvalue weighted by Crippen LogP contribution is 2.96. The number of nitrogens with zero attached hydrogens (tertiary/aromatic N) is 6. The van der Waals surface area contributed by atoms with Gasteiger partial charge in [0.15, 0.2) is 5.82 Å². The molecule has 61 heavy (non-hydrogen) atoms. The Morgan fingerprint density at radius 2 is 1.66 bits per heavy atom. The van der Waals surface area contributed by atoms with Crippen LogP contribution in [0, 0.1) is 28.9 Å². The van der Waals surface area contributed by atoms with Gasteiger partial charge in [0.05, 0.1) is 39.6 Å². The molecule has 0 spiro atoms. The molecule has 2 aromatic carbocycles. The van der Waals surface area contributed by atoms with Crippen LogP contribution in [0.1, 0.15) is 85.9 Å². The maximum atomic E-state index is 15.9. The van der Waals surface area contributed by atoms with Gasteiger partial charge in [0.2, 0.25) is 11.8 Å². The van der Waals surface area contributed by atoms with Crippen LogP contribution in [-0.2, 0) is 40.9 Å². The standard InChI is InChI=1S/C43H39ClF6N8O3/c1-40(2,61)11-10-25-6-7-26(27-8-9-28(44)32-36(27)56(3)55-39(32)53-30(59)18-57-12-4-5-13-57)34(51-25)29(16-22-14-23(45)17-24(46)15-22)52-31(60)19-58-37-33(35(54-58)38(47)48)41-20-42(41,21-41)43(37,49)50/h6-9,14-15,17,29,38,61H,4-5,12-13,16,18-21H2,1-3H3,(H,52,60)(H,53,55,59). The molecule has 4 aliphatic rings. The van der Waals surface area contributed by atoms with Gasteiger partial charge in [-0.3, -0.25) is 23.9 Å². The Balaban J connectivity index is 1.15. The fourth-order valence-corrected chi connectivity index (χ4v) is 9.65. The Morgan fingerprint density at radius 1 is 0.967 bits per heavy atom. The van der Waals surface area contributed by atoms with Crippen LogP contribution in [0.3, 0.4) is 0 Å². The molecule has 1 aliphatic heterocycles. The van der Waals surface area contributed by atoms with Crippen molar-refractivity contribution in [2.24, 2.45) is 12.5 Å². The number of nitrogens with one attached hydrogen (secondary N) is 2. The van der Waals surface area contributed by atoms with Crippen molar-refractivity contribution >= 4 is 40.1 Å². The highest BCUT2D eigenvalue weighted by molar-refractivity contribution is 6.37. The Hall–Kier alpha value is -5.44. The molecular formula is C43H39ClF6N8O3. The van der Waals surface area contributed by atoms with Crippen molar-refractivity contribution in [1.82, 2.24) is 34.8 Å². The fourth-order valence-electron chi connectivity index (χ4n) is 9.40. The molecule has 18 heteroatoms.